The Hall–Kier alpha value is -10.4. The van der Waals surface area contributed by atoms with Crippen LogP contribution in [-0.2, 0) is 27.5 Å². The Morgan fingerprint density at radius 1 is 0.598 bits per heavy atom. The molecule has 0 spiro atoms. The van der Waals surface area contributed by atoms with E-state index in [1.165, 1.54) is 41.4 Å². The Morgan fingerprint density at radius 2 is 1.02 bits per heavy atom. The van der Waals surface area contributed by atoms with Crippen molar-refractivity contribution in [2.45, 2.75) is 45.9 Å². The highest BCUT2D eigenvalue weighted by atomic mass is 35.5. The predicted octanol–water partition coefficient (Wildman–Crippen LogP) is 12.8. The molecule has 1 amide bonds. The third-order valence-electron chi connectivity index (χ3n) is 13.6. The molecule has 0 aliphatic rings. The first-order valence-corrected chi connectivity index (χ1v) is 29.2. The minimum Gasteiger partial charge on any atom is -0.481 e. The van der Waals surface area contributed by atoms with Crippen molar-refractivity contribution in [3.8, 4) is 33.6 Å². The average Bonchev–Trinajstić information content (AvgIpc) is 1.45. The molecule has 0 fully saturated rings. The Balaban J connectivity index is 0.000000183. The second-order valence-corrected chi connectivity index (χ2v) is 21.4. The van der Waals surface area contributed by atoms with E-state index in [2.05, 4.69) is 71.1 Å². The highest BCUT2D eigenvalue weighted by Crippen LogP contribution is 2.34. The van der Waals surface area contributed by atoms with Crippen LogP contribution in [0.1, 0.15) is 55.4 Å². The van der Waals surface area contributed by atoms with Gasteiger partial charge in [-0.1, -0.05) is 122 Å². The number of fused-ring (bicyclic) bond motifs is 4. The van der Waals surface area contributed by atoms with Crippen molar-refractivity contribution < 1.29 is 19.5 Å². The van der Waals surface area contributed by atoms with Gasteiger partial charge in [-0.25, -0.2) is 29.9 Å². The van der Waals surface area contributed by atoms with Gasteiger partial charge in [-0.05, 0) is 130 Å². The van der Waals surface area contributed by atoms with E-state index in [4.69, 9.17) is 27.2 Å². The highest BCUT2D eigenvalue weighted by molar-refractivity contribution is 7.16. The van der Waals surface area contributed by atoms with Crippen LogP contribution in [0.2, 0.25) is 0 Å². The van der Waals surface area contributed by atoms with Crippen molar-refractivity contribution in [1.29, 1.82) is 0 Å². The SMILES string of the molecule is C=CC(=O)Cl.C=CC(=O)NCc1cccc(-c2cccc3cc([C@H](C)Nc4ncnc5scnc45)n(-c4ccccc4)c(=O)c23)c1.CC(=O)O.C[C@H](Nc1ncnc2scnc12)c1cc2cccc(-c3cccc(CN)c3)c2c(=O)n1-c1ccccc1. The van der Waals surface area contributed by atoms with E-state index in [1.54, 1.807) is 20.2 Å². The summed E-state index contributed by atoms with van der Waals surface area (Å²) in [5.41, 5.74) is 19.3. The molecule has 0 saturated carbocycles. The number of nitrogens with one attached hydrogen (secondary N) is 3. The van der Waals surface area contributed by atoms with Gasteiger partial charge in [-0.3, -0.25) is 33.1 Å². The molecule has 0 aliphatic carbocycles. The number of benzene rings is 6. The minimum atomic E-state index is -0.833. The minimum absolute atomic E-state index is 0.0809. The normalized spacial score (nSPS) is 11.4. The number of carbonyl (C=O) groups excluding carboxylic acids is 2. The molecular formula is C66H57ClN12O6S2. The molecule has 2 atom stereocenters. The third-order valence-corrected chi connectivity index (χ3v) is 15.2. The van der Waals surface area contributed by atoms with Gasteiger partial charge >= 0.3 is 0 Å². The second kappa shape index (κ2) is 28.5. The number of carboxylic acids is 1. The lowest BCUT2D eigenvalue weighted by molar-refractivity contribution is -0.134. The van der Waals surface area contributed by atoms with Crippen LogP contribution in [0.4, 0.5) is 11.6 Å². The van der Waals surface area contributed by atoms with Crippen LogP contribution < -0.4 is 32.8 Å². The van der Waals surface area contributed by atoms with E-state index in [1.807, 2.05) is 159 Å². The van der Waals surface area contributed by atoms with Crippen LogP contribution in [-0.4, -0.2) is 61.3 Å². The summed E-state index contributed by atoms with van der Waals surface area (Å²) in [4.78, 5) is 86.8. The quantitative estimate of drug-likeness (QED) is 0.0472. The molecule has 12 rings (SSSR count). The number of aromatic nitrogens is 8. The number of aliphatic carboxylic acids is 1. The fourth-order valence-corrected chi connectivity index (χ4v) is 11.0. The molecule has 6 aromatic heterocycles. The van der Waals surface area contributed by atoms with E-state index in [9.17, 15) is 19.2 Å². The number of nitrogens with zero attached hydrogens (tertiary/aromatic N) is 8. The molecular weight excluding hydrogens is 1160 g/mol. The van der Waals surface area contributed by atoms with Gasteiger partial charge in [0.2, 0.25) is 11.1 Å². The van der Waals surface area contributed by atoms with E-state index >= 15 is 0 Å². The molecule has 0 saturated heterocycles. The zero-order valence-corrected chi connectivity index (χ0v) is 49.7. The molecule has 87 heavy (non-hydrogen) atoms. The number of para-hydroxylation sites is 2. The number of thiazole rings is 2. The molecule has 18 nitrogen and oxygen atoms in total. The van der Waals surface area contributed by atoms with Crippen LogP contribution in [0.15, 0.2) is 216 Å². The van der Waals surface area contributed by atoms with Crippen molar-refractivity contribution in [1.82, 2.24) is 44.4 Å². The molecule has 0 radical (unpaired) electrons. The molecule has 6 N–H and O–H groups in total. The lowest BCUT2D eigenvalue weighted by Crippen LogP contribution is -2.26. The number of pyridine rings is 2. The fraction of sp³-hybridized carbons (Fsp3) is 0.106. The maximum absolute atomic E-state index is 14.4. The van der Waals surface area contributed by atoms with Crippen molar-refractivity contribution >= 4 is 105 Å². The summed E-state index contributed by atoms with van der Waals surface area (Å²) >= 11 is 7.62. The van der Waals surface area contributed by atoms with Crippen LogP contribution in [0.25, 0.3) is 75.9 Å². The van der Waals surface area contributed by atoms with E-state index in [0.29, 0.717) is 41.0 Å². The summed E-state index contributed by atoms with van der Waals surface area (Å²) in [5.74, 6) is 0.183. The maximum atomic E-state index is 14.4. The first-order chi connectivity index (χ1) is 42.2. The summed E-state index contributed by atoms with van der Waals surface area (Å²) < 4.78 is 3.55. The second-order valence-electron chi connectivity index (χ2n) is 19.4. The lowest BCUT2D eigenvalue weighted by Gasteiger charge is -2.22. The van der Waals surface area contributed by atoms with Crippen LogP contribution in [0.5, 0.6) is 0 Å². The first kappa shape index (κ1) is 61.2. The number of allylic oxidation sites excluding steroid dienone is 1. The Kier molecular flexibility index (Phi) is 20.0. The van der Waals surface area contributed by atoms with Crippen molar-refractivity contribution in [3.05, 3.63) is 250 Å². The van der Waals surface area contributed by atoms with Gasteiger partial charge in [0.25, 0.3) is 17.1 Å². The molecule has 0 aliphatic heterocycles. The Labute approximate surface area is 512 Å². The smallest absolute Gasteiger partial charge is 0.300 e. The standard InChI is InChI=1S/C32H26N6O2S.C29H24N6OS.C3H3ClO.C2H4O2/c1-3-27(39)33-17-21-9-7-10-22(15-21)25-14-8-11-23-16-26(38(32(40)28(23)25)24-12-5-4-6-13-24)20(2)37-30-29-31(35-18-34-30)41-19-36-29;1-18(34-27-26-28(32-16-31-27)37-17-33-26)24-14-21-9-6-12-23(20-8-5-7-19(13-20)15-30)25(21)29(36)35(24)22-10-3-2-4-11-22;1-2-3(4)5;1-2(3)4/h3-16,18-20H,1,17H2,2H3,(H,33,39)(H,34,35,37);2-14,16-18H,15,30H2,1H3,(H,31,32,34);2H,1H2;1H3,(H,3,4)/t20-;18-;;/m00../s1. The topological polar surface area (TPSA) is 255 Å². The molecule has 12 aromatic rings. The van der Waals surface area contributed by atoms with Gasteiger partial charge < -0.3 is 26.8 Å². The van der Waals surface area contributed by atoms with E-state index < -0.39 is 11.2 Å². The number of nitrogens with two attached hydrogens (primary N) is 1. The van der Waals surface area contributed by atoms with Crippen molar-refractivity contribution in [3.63, 3.8) is 0 Å². The number of hydrogen-bond donors (Lipinski definition) is 5. The van der Waals surface area contributed by atoms with Crippen LogP contribution in [0.3, 0.4) is 0 Å². The number of amides is 1. The van der Waals surface area contributed by atoms with Crippen molar-refractivity contribution in [2.75, 3.05) is 10.6 Å². The summed E-state index contributed by atoms with van der Waals surface area (Å²) in [6.45, 7) is 12.5. The fourth-order valence-electron chi connectivity index (χ4n) is 9.70. The van der Waals surface area contributed by atoms with E-state index in [0.717, 1.165) is 95.1 Å². The number of hydrogen-bond acceptors (Lipinski definition) is 16. The van der Waals surface area contributed by atoms with Gasteiger partial charge in [0.1, 0.15) is 33.3 Å². The zero-order valence-electron chi connectivity index (χ0n) is 47.3. The number of halogens is 1. The molecule has 0 unspecified atom stereocenters. The Bertz CT molecular complexity index is 4610. The third kappa shape index (κ3) is 14.4. The van der Waals surface area contributed by atoms with Crippen LogP contribution in [0, 0.1) is 0 Å². The number of rotatable bonds is 15. The molecule has 21 heteroatoms. The van der Waals surface area contributed by atoms with Gasteiger partial charge in [0, 0.05) is 42.8 Å². The monoisotopic (exact) mass is 1210 g/mol. The largest absolute Gasteiger partial charge is 0.481 e. The zero-order chi connectivity index (χ0) is 61.6. The van der Waals surface area contributed by atoms with Gasteiger partial charge in [0.05, 0.1) is 33.9 Å². The predicted molar refractivity (Wildman–Crippen MR) is 349 cm³/mol. The summed E-state index contributed by atoms with van der Waals surface area (Å²) in [6, 6.07) is 50.7. The van der Waals surface area contributed by atoms with Gasteiger partial charge in [0.15, 0.2) is 11.6 Å². The number of carbonyl (C=O) groups is 3. The van der Waals surface area contributed by atoms with E-state index in [-0.39, 0.29) is 29.1 Å². The molecule has 436 valence electrons. The van der Waals surface area contributed by atoms with Gasteiger partial charge in [-0.15, -0.1) is 22.7 Å². The molecule has 0 bridgehead atoms. The van der Waals surface area contributed by atoms with Crippen molar-refractivity contribution in [2.24, 2.45) is 5.73 Å². The molecule has 6 aromatic carbocycles. The number of anilines is 2. The first-order valence-electron chi connectivity index (χ1n) is 27.1. The Morgan fingerprint density at radius 3 is 1.45 bits per heavy atom. The highest BCUT2D eigenvalue weighted by Gasteiger charge is 2.23. The summed E-state index contributed by atoms with van der Waals surface area (Å²) in [5, 5.41) is 19.6. The maximum Gasteiger partial charge on any atom is 0.300 e. The van der Waals surface area contributed by atoms with Crippen LogP contribution >= 0.6 is 34.3 Å². The number of carboxylic acid groups (broad SMARTS) is 1. The summed E-state index contributed by atoms with van der Waals surface area (Å²) in [7, 11) is 0. The van der Waals surface area contributed by atoms with Gasteiger partial charge in [-0.2, -0.15) is 0 Å². The average molecular weight is 1210 g/mol. The molecule has 6 heterocycles. The summed E-state index contributed by atoms with van der Waals surface area (Å²) in [6.07, 6.45) is 5.34. The lowest BCUT2D eigenvalue weighted by atomic mass is 9.96.